The maximum absolute atomic E-state index is 11.9. The van der Waals surface area contributed by atoms with Gasteiger partial charge in [0.15, 0.2) is 0 Å². The fourth-order valence-corrected chi connectivity index (χ4v) is 2.84. The molecule has 0 atom stereocenters. The van der Waals surface area contributed by atoms with Crippen LogP contribution in [0.4, 0.5) is 0 Å². The summed E-state index contributed by atoms with van der Waals surface area (Å²) in [6.45, 7) is 0.535. The number of fused-ring (bicyclic) bond motifs is 1. The number of carbonyl (C=O) groups is 1. The molecule has 0 aliphatic rings. The molecule has 20 heavy (non-hydrogen) atoms. The van der Waals surface area contributed by atoms with E-state index in [2.05, 4.69) is 10.3 Å². The molecular weight excluding hydrogens is 268 g/mol. The first-order valence-electron chi connectivity index (χ1n) is 6.44. The van der Waals surface area contributed by atoms with Gasteiger partial charge >= 0.3 is 0 Å². The molecule has 1 N–H and O–H groups in total. The van der Waals surface area contributed by atoms with Crippen molar-refractivity contribution in [1.29, 1.82) is 0 Å². The molecule has 0 spiro atoms. The normalized spacial score (nSPS) is 10.6. The highest BCUT2D eigenvalue weighted by Gasteiger charge is 2.06. The Morgan fingerprint density at radius 2 is 2.05 bits per heavy atom. The Morgan fingerprint density at radius 1 is 1.15 bits per heavy atom. The van der Waals surface area contributed by atoms with E-state index >= 15 is 0 Å². The molecule has 2 aromatic heterocycles. The summed E-state index contributed by atoms with van der Waals surface area (Å²) in [5.41, 5.74) is 2.05. The van der Waals surface area contributed by atoms with Crippen LogP contribution in [0.3, 0.4) is 0 Å². The van der Waals surface area contributed by atoms with Crippen LogP contribution < -0.4 is 5.32 Å². The van der Waals surface area contributed by atoms with Crippen LogP contribution in [-0.2, 0) is 17.8 Å². The fraction of sp³-hybridized carbons (Fsp3) is 0.125. The zero-order valence-corrected chi connectivity index (χ0v) is 11.7. The maximum Gasteiger partial charge on any atom is 0.225 e. The van der Waals surface area contributed by atoms with Crippen molar-refractivity contribution in [2.75, 3.05) is 0 Å². The molecule has 0 saturated carbocycles. The molecular formula is C16H14N2OS. The first-order chi connectivity index (χ1) is 9.83. The first kappa shape index (κ1) is 12.8. The summed E-state index contributed by atoms with van der Waals surface area (Å²) in [6.07, 6.45) is 2.23. The molecule has 0 aliphatic carbocycles. The Balaban J connectivity index is 1.69. The van der Waals surface area contributed by atoms with Crippen molar-refractivity contribution in [3.63, 3.8) is 0 Å². The van der Waals surface area contributed by atoms with E-state index in [-0.39, 0.29) is 5.91 Å². The SMILES string of the molecule is O=C(Cc1cccs1)NCc1ccnc2ccccc12. The maximum atomic E-state index is 11.9. The Hall–Kier alpha value is -2.20. The molecule has 0 fully saturated rings. The third-order valence-corrected chi connectivity index (χ3v) is 4.01. The summed E-state index contributed by atoms with van der Waals surface area (Å²) in [4.78, 5) is 17.3. The Kier molecular flexibility index (Phi) is 3.74. The third-order valence-electron chi connectivity index (χ3n) is 3.13. The Bertz CT molecular complexity index is 717. The highest BCUT2D eigenvalue weighted by atomic mass is 32.1. The highest BCUT2D eigenvalue weighted by Crippen LogP contribution is 2.16. The Labute approximate surface area is 121 Å². The zero-order valence-electron chi connectivity index (χ0n) is 10.9. The smallest absolute Gasteiger partial charge is 0.225 e. The van der Waals surface area contributed by atoms with E-state index in [9.17, 15) is 4.79 Å². The second-order valence-corrected chi connectivity index (χ2v) is 5.55. The zero-order chi connectivity index (χ0) is 13.8. The third kappa shape index (κ3) is 2.86. The fourth-order valence-electron chi connectivity index (χ4n) is 2.14. The summed E-state index contributed by atoms with van der Waals surface area (Å²) in [7, 11) is 0. The number of hydrogen-bond donors (Lipinski definition) is 1. The second-order valence-electron chi connectivity index (χ2n) is 4.52. The molecule has 4 heteroatoms. The molecule has 1 amide bonds. The van der Waals surface area contributed by atoms with Crippen LogP contribution in [0, 0.1) is 0 Å². The van der Waals surface area contributed by atoms with Gasteiger partial charge in [0.05, 0.1) is 11.9 Å². The monoisotopic (exact) mass is 282 g/mol. The molecule has 3 nitrogen and oxygen atoms in total. The van der Waals surface area contributed by atoms with Crippen molar-refractivity contribution in [3.8, 4) is 0 Å². The number of benzene rings is 1. The van der Waals surface area contributed by atoms with Gasteiger partial charge in [0.1, 0.15) is 0 Å². The molecule has 3 aromatic rings. The van der Waals surface area contributed by atoms with Crippen LogP contribution in [-0.4, -0.2) is 10.9 Å². The average molecular weight is 282 g/mol. The van der Waals surface area contributed by atoms with E-state index in [0.29, 0.717) is 13.0 Å². The number of thiophene rings is 1. The summed E-state index contributed by atoms with van der Waals surface area (Å²) in [6, 6.07) is 13.9. The van der Waals surface area contributed by atoms with Gasteiger partial charge in [-0.3, -0.25) is 9.78 Å². The van der Waals surface area contributed by atoms with E-state index in [1.807, 2.05) is 47.8 Å². The van der Waals surface area contributed by atoms with Crippen LogP contribution in [0.5, 0.6) is 0 Å². The van der Waals surface area contributed by atoms with E-state index in [0.717, 1.165) is 21.3 Å². The molecule has 0 aliphatic heterocycles. The minimum Gasteiger partial charge on any atom is -0.352 e. The largest absolute Gasteiger partial charge is 0.352 e. The number of para-hydroxylation sites is 1. The lowest BCUT2D eigenvalue weighted by Gasteiger charge is -2.07. The van der Waals surface area contributed by atoms with Gasteiger partial charge in [-0.15, -0.1) is 11.3 Å². The molecule has 0 bridgehead atoms. The van der Waals surface area contributed by atoms with Crippen LogP contribution >= 0.6 is 11.3 Å². The van der Waals surface area contributed by atoms with Crippen molar-refractivity contribution < 1.29 is 4.79 Å². The second kappa shape index (κ2) is 5.84. The van der Waals surface area contributed by atoms with Crippen LogP contribution in [0.15, 0.2) is 54.0 Å². The summed E-state index contributed by atoms with van der Waals surface area (Å²) < 4.78 is 0. The average Bonchev–Trinajstić information content (AvgIpc) is 2.98. The number of nitrogens with one attached hydrogen (secondary N) is 1. The van der Waals surface area contributed by atoms with E-state index in [1.165, 1.54) is 0 Å². The molecule has 2 heterocycles. The van der Waals surface area contributed by atoms with E-state index < -0.39 is 0 Å². The number of carbonyl (C=O) groups excluding carboxylic acids is 1. The predicted octanol–water partition coefficient (Wildman–Crippen LogP) is 3.16. The highest BCUT2D eigenvalue weighted by molar-refractivity contribution is 7.10. The quantitative estimate of drug-likeness (QED) is 0.798. The van der Waals surface area contributed by atoms with Crippen molar-refractivity contribution in [2.45, 2.75) is 13.0 Å². The number of hydrogen-bond acceptors (Lipinski definition) is 3. The van der Waals surface area contributed by atoms with Gasteiger partial charge in [-0.1, -0.05) is 24.3 Å². The predicted molar refractivity (Wildman–Crippen MR) is 81.6 cm³/mol. The summed E-state index contributed by atoms with van der Waals surface area (Å²) in [5, 5.41) is 6.04. The Morgan fingerprint density at radius 3 is 2.90 bits per heavy atom. The molecule has 100 valence electrons. The van der Waals surface area contributed by atoms with Crippen molar-refractivity contribution in [2.24, 2.45) is 0 Å². The lowest BCUT2D eigenvalue weighted by Crippen LogP contribution is -2.24. The summed E-state index contributed by atoms with van der Waals surface area (Å²) in [5.74, 6) is 0.0494. The molecule has 1 aromatic carbocycles. The molecule has 0 radical (unpaired) electrons. The van der Waals surface area contributed by atoms with Gasteiger partial charge in [0.25, 0.3) is 0 Å². The number of rotatable bonds is 4. The first-order valence-corrected chi connectivity index (χ1v) is 7.32. The summed E-state index contributed by atoms with van der Waals surface area (Å²) >= 11 is 1.60. The van der Waals surface area contributed by atoms with Gasteiger partial charge in [-0.05, 0) is 29.1 Å². The topological polar surface area (TPSA) is 42.0 Å². The van der Waals surface area contributed by atoms with Crippen molar-refractivity contribution in [3.05, 3.63) is 64.5 Å². The lowest BCUT2D eigenvalue weighted by atomic mass is 10.1. The number of aromatic nitrogens is 1. The van der Waals surface area contributed by atoms with Crippen LogP contribution in [0.1, 0.15) is 10.4 Å². The minimum absolute atomic E-state index is 0.0494. The molecule has 0 unspecified atom stereocenters. The number of nitrogens with zero attached hydrogens (tertiary/aromatic N) is 1. The van der Waals surface area contributed by atoms with Crippen molar-refractivity contribution in [1.82, 2.24) is 10.3 Å². The van der Waals surface area contributed by atoms with Gasteiger partial charge in [0, 0.05) is 23.0 Å². The van der Waals surface area contributed by atoms with Gasteiger partial charge < -0.3 is 5.32 Å². The minimum atomic E-state index is 0.0494. The molecule has 0 saturated heterocycles. The van der Waals surface area contributed by atoms with Gasteiger partial charge in [0.2, 0.25) is 5.91 Å². The van der Waals surface area contributed by atoms with Gasteiger partial charge in [-0.2, -0.15) is 0 Å². The van der Waals surface area contributed by atoms with Crippen molar-refractivity contribution >= 4 is 28.1 Å². The molecule has 3 rings (SSSR count). The van der Waals surface area contributed by atoms with Crippen LogP contribution in [0.25, 0.3) is 10.9 Å². The number of pyridine rings is 1. The van der Waals surface area contributed by atoms with E-state index in [4.69, 9.17) is 0 Å². The lowest BCUT2D eigenvalue weighted by molar-refractivity contribution is -0.120. The van der Waals surface area contributed by atoms with Crippen LogP contribution in [0.2, 0.25) is 0 Å². The van der Waals surface area contributed by atoms with Gasteiger partial charge in [-0.25, -0.2) is 0 Å². The standard InChI is InChI=1S/C16H14N2OS/c19-16(10-13-4-3-9-20-13)18-11-12-7-8-17-15-6-2-1-5-14(12)15/h1-9H,10-11H2,(H,18,19). The van der Waals surface area contributed by atoms with E-state index in [1.54, 1.807) is 17.5 Å². The number of amides is 1.